The summed E-state index contributed by atoms with van der Waals surface area (Å²) in [6.07, 6.45) is 7.80. The lowest BCUT2D eigenvalue weighted by Crippen LogP contribution is -2.43. The Hall–Kier alpha value is -0.120. The van der Waals surface area contributed by atoms with Gasteiger partial charge < -0.3 is 15.4 Å². The normalized spacial score (nSPS) is 20.6. The first-order valence-corrected chi connectivity index (χ1v) is 7.37. The Kier molecular flexibility index (Phi) is 7.82. The van der Waals surface area contributed by atoms with Crippen LogP contribution in [0.5, 0.6) is 0 Å². The standard InChI is InChI=1S/C14H30N2O/c1-3-6-13(4-2)16-10-7-14(8-11-16)17-12-5-9-15/h13-14H,3-12,15H2,1-2H3. The predicted octanol–water partition coefficient (Wildman–Crippen LogP) is 2.39. The quantitative estimate of drug-likeness (QED) is 0.664. The molecule has 0 saturated carbocycles. The van der Waals surface area contributed by atoms with Crippen molar-refractivity contribution in [2.75, 3.05) is 26.2 Å². The number of nitrogens with two attached hydrogens (primary N) is 1. The van der Waals surface area contributed by atoms with Gasteiger partial charge in [0.15, 0.2) is 0 Å². The molecule has 0 aromatic carbocycles. The number of hydrogen-bond acceptors (Lipinski definition) is 3. The molecule has 0 bridgehead atoms. The molecular weight excluding hydrogens is 212 g/mol. The maximum atomic E-state index is 5.84. The van der Waals surface area contributed by atoms with Crippen molar-refractivity contribution in [3.05, 3.63) is 0 Å². The number of ether oxygens (including phenoxy) is 1. The van der Waals surface area contributed by atoms with Crippen molar-refractivity contribution in [2.24, 2.45) is 5.73 Å². The first kappa shape index (κ1) is 14.9. The molecule has 102 valence electrons. The summed E-state index contributed by atoms with van der Waals surface area (Å²) in [5.41, 5.74) is 5.47. The lowest BCUT2D eigenvalue weighted by molar-refractivity contribution is -0.00353. The summed E-state index contributed by atoms with van der Waals surface area (Å²) in [6, 6.07) is 0.796. The molecule has 1 rings (SSSR count). The summed E-state index contributed by atoms with van der Waals surface area (Å²) in [7, 11) is 0. The van der Waals surface area contributed by atoms with Gasteiger partial charge in [-0.15, -0.1) is 0 Å². The first-order chi connectivity index (χ1) is 8.31. The fourth-order valence-electron chi connectivity index (χ4n) is 2.72. The molecule has 1 atom stereocenters. The largest absolute Gasteiger partial charge is 0.378 e. The fraction of sp³-hybridized carbons (Fsp3) is 1.00. The Morgan fingerprint density at radius 3 is 2.53 bits per heavy atom. The Balaban J connectivity index is 2.19. The van der Waals surface area contributed by atoms with Gasteiger partial charge in [0.25, 0.3) is 0 Å². The highest BCUT2D eigenvalue weighted by atomic mass is 16.5. The van der Waals surface area contributed by atoms with E-state index >= 15 is 0 Å². The van der Waals surface area contributed by atoms with Gasteiger partial charge in [-0.1, -0.05) is 20.3 Å². The zero-order valence-corrected chi connectivity index (χ0v) is 11.7. The van der Waals surface area contributed by atoms with Crippen LogP contribution in [-0.4, -0.2) is 43.3 Å². The Morgan fingerprint density at radius 1 is 1.29 bits per heavy atom. The minimum absolute atomic E-state index is 0.483. The molecule has 3 heteroatoms. The van der Waals surface area contributed by atoms with E-state index in [2.05, 4.69) is 18.7 Å². The topological polar surface area (TPSA) is 38.5 Å². The van der Waals surface area contributed by atoms with Crippen LogP contribution in [0, 0.1) is 0 Å². The molecule has 1 unspecified atom stereocenters. The number of nitrogens with zero attached hydrogens (tertiary/aromatic N) is 1. The van der Waals surface area contributed by atoms with Gasteiger partial charge in [-0.25, -0.2) is 0 Å². The second kappa shape index (κ2) is 8.90. The molecule has 1 fully saturated rings. The number of likely N-dealkylation sites (tertiary alicyclic amines) is 1. The smallest absolute Gasteiger partial charge is 0.0599 e. The summed E-state index contributed by atoms with van der Waals surface area (Å²) < 4.78 is 5.84. The number of piperidine rings is 1. The van der Waals surface area contributed by atoms with Crippen LogP contribution in [0.4, 0.5) is 0 Å². The molecule has 3 nitrogen and oxygen atoms in total. The van der Waals surface area contributed by atoms with E-state index in [1.54, 1.807) is 0 Å². The summed E-state index contributed by atoms with van der Waals surface area (Å²) in [5, 5.41) is 0. The van der Waals surface area contributed by atoms with Crippen LogP contribution in [0.1, 0.15) is 52.4 Å². The molecule has 0 spiro atoms. The summed E-state index contributed by atoms with van der Waals surface area (Å²) >= 11 is 0. The summed E-state index contributed by atoms with van der Waals surface area (Å²) in [5.74, 6) is 0. The summed E-state index contributed by atoms with van der Waals surface area (Å²) in [4.78, 5) is 2.66. The first-order valence-electron chi connectivity index (χ1n) is 7.37. The zero-order chi connectivity index (χ0) is 12.5. The highest BCUT2D eigenvalue weighted by molar-refractivity contribution is 4.78. The Labute approximate surface area is 107 Å². The minimum Gasteiger partial charge on any atom is -0.378 e. The van der Waals surface area contributed by atoms with E-state index in [0.717, 1.165) is 25.6 Å². The van der Waals surface area contributed by atoms with Crippen molar-refractivity contribution in [3.8, 4) is 0 Å². The van der Waals surface area contributed by atoms with Gasteiger partial charge in [0.2, 0.25) is 0 Å². The molecule has 1 aliphatic rings. The lowest BCUT2D eigenvalue weighted by atomic mass is 10.0. The monoisotopic (exact) mass is 242 g/mol. The van der Waals surface area contributed by atoms with Crippen molar-refractivity contribution in [1.82, 2.24) is 4.90 Å². The third-order valence-electron chi connectivity index (χ3n) is 3.79. The Morgan fingerprint density at radius 2 is 2.00 bits per heavy atom. The number of hydrogen-bond donors (Lipinski definition) is 1. The van der Waals surface area contributed by atoms with Crippen molar-refractivity contribution >= 4 is 0 Å². The van der Waals surface area contributed by atoms with Crippen LogP contribution in [0.2, 0.25) is 0 Å². The van der Waals surface area contributed by atoms with E-state index in [1.807, 2.05) is 0 Å². The molecule has 0 aromatic heterocycles. The molecule has 0 radical (unpaired) electrons. The average Bonchev–Trinajstić information content (AvgIpc) is 2.37. The highest BCUT2D eigenvalue weighted by Gasteiger charge is 2.23. The van der Waals surface area contributed by atoms with Crippen LogP contribution in [-0.2, 0) is 4.74 Å². The molecule has 0 amide bonds. The maximum Gasteiger partial charge on any atom is 0.0599 e. The van der Waals surface area contributed by atoms with Crippen LogP contribution in [0.15, 0.2) is 0 Å². The Bertz CT molecular complexity index is 179. The molecule has 1 heterocycles. The minimum atomic E-state index is 0.483. The van der Waals surface area contributed by atoms with E-state index in [1.165, 1.54) is 45.2 Å². The van der Waals surface area contributed by atoms with Crippen LogP contribution in [0.3, 0.4) is 0 Å². The van der Waals surface area contributed by atoms with Crippen molar-refractivity contribution in [3.63, 3.8) is 0 Å². The maximum absolute atomic E-state index is 5.84. The van der Waals surface area contributed by atoms with Gasteiger partial charge in [0.05, 0.1) is 6.10 Å². The molecular formula is C14H30N2O. The van der Waals surface area contributed by atoms with Crippen LogP contribution >= 0.6 is 0 Å². The van der Waals surface area contributed by atoms with Crippen molar-refractivity contribution in [2.45, 2.75) is 64.5 Å². The van der Waals surface area contributed by atoms with Gasteiger partial charge in [0.1, 0.15) is 0 Å². The van der Waals surface area contributed by atoms with Gasteiger partial charge in [-0.05, 0) is 38.6 Å². The van der Waals surface area contributed by atoms with Crippen molar-refractivity contribution in [1.29, 1.82) is 0 Å². The van der Waals surface area contributed by atoms with E-state index < -0.39 is 0 Å². The van der Waals surface area contributed by atoms with E-state index in [9.17, 15) is 0 Å². The van der Waals surface area contributed by atoms with Gasteiger partial charge in [-0.2, -0.15) is 0 Å². The third kappa shape index (κ3) is 5.36. The van der Waals surface area contributed by atoms with E-state index in [4.69, 9.17) is 10.5 Å². The SMILES string of the molecule is CCCC(CC)N1CCC(OCCCN)CC1. The van der Waals surface area contributed by atoms with E-state index in [0.29, 0.717) is 6.10 Å². The lowest BCUT2D eigenvalue weighted by Gasteiger charge is -2.37. The highest BCUT2D eigenvalue weighted by Crippen LogP contribution is 2.19. The second-order valence-corrected chi connectivity index (χ2v) is 5.10. The van der Waals surface area contributed by atoms with Crippen LogP contribution < -0.4 is 5.73 Å². The molecule has 1 aliphatic heterocycles. The van der Waals surface area contributed by atoms with Gasteiger partial charge in [0, 0.05) is 25.7 Å². The second-order valence-electron chi connectivity index (χ2n) is 5.10. The molecule has 2 N–H and O–H groups in total. The number of rotatable bonds is 8. The summed E-state index contributed by atoms with van der Waals surface area (Å²) in [6.45, 7) is 8.60. The van der Waals surface area contributed by atoms with Gasteiger partial charge in [-0.3, -0.25) is 0 Å². The fourth-order valence-corrected chi connectivity index (χ4v) is 2.72. The predicted molar refractivity (Wildman–Crippen MR) is 73.2 cm³/mol. The van der Waals surface area contributed by atoms with Crippen LogP contribution in [0.25, 0.3) is 0 Å². The molecule has 17 heavy (non-hydrogen) atoms. The average molecular weight is 242 g/mol. The molecule has 0 aliphatic carbocycles. The van der Waals surface area contributed by atoms with Crippen molar-refractivity contribution < 1.29 is 4.74 Å². The molecule has 0 aromatic rings. The third-order valence-corrected chi connectivity index (χ3v) is 3.79. The van der Waals surface area contributed by atoms with E-state index in [-0.39, 0.29) is 0 Å². The van der Waals surface area contributed by atoms with Gasteiger partial charge >= 0.3 is 0 Å². The zero-order valence-electron chi connectivity index (χ0n) is 11.7. The molecule has 1 saturated heterocycles.